The second kappa shape index (κ2) is 25.9. The molecule has 0 saturated carbocycles. The molecule has 0 amide bonds. The molecule has 2 unspecified atom stereocenters. The standard InChI is InChI=1S/2C51H38N2/c2*1-51(2)46-25-12-9-23-42(46)43-30-29-40(34-47(43)51)52(48-26-13-10-22-41(48)35-16-5-3-6-17-35)39-21-15-18-36(32-39)37-28-31-50-45(33-37)44-24-11-14-27-49(44)53(50)38-19-7-4-8-20-38/h2*3-34H,1-2H3/i1D3,3D,4D,5D,6D,7D,8D,9D,10D,11D,12D,13D,14D,15D,16D,17D,18D,19D,20D,21D,23D,24D,25D,26D,27D,28D,29D,30D,31D,32D,33D;1D3,3D,5D,6D,9D,10D,12D,13D,15D,16D,17D,18D,21D,23D,25D,26D,29D,30D,32D. The van der Waals surface area contributed by atoms with Crippen LogP contribution in [0, 0.1) is 0 Å². The Morgan fingerprint density at radius 1 is 0.264 bits per heavy atom. The Balaban J connectivity index is 0.000000200. The molecule has 504 valence electrons. The second-order valence-electron chi connectivity index (χ2n) is 24.5. The molecule has 2 aliphatic rings. The van der Waals surface area contributed by atoms with Crippen molar-refractivity contribution in [2.45, 2.75) is 38.4 Å². The maximum absolute atomic E-state index is 10.2. The summed E-state index contributed by atoms with van der Waals surface area (Å²) in [7, 11) is 0. The number of rotatable bonds is 12. The van der Waals surface area contributed by atoms with Gasteiger partial charge in [0, 0.05) is 85.9 Å². The molecule has 0 N–H and O–H groups in total. The number of para-hydroxylation sites is 6. The topological polar surface area (TPSA) is 16.3 Å². The summed E-state index contributed by atoms with van der Waals surface area (Å²) < 4.78 is 493. The molecule has 2 aromatic heterocycles. The van der Waals surface area contributed by atoms with Crippen molar-refractivity contribution in [2.24, 2.45) is 0 Å². The maximum Gasteiger partial charge on any atom is 0.0651 e. The smallest absolute Gasteiger partial charge is 0.0651 e. The molecule has 20 rings (SSSR count). The molecule has 0 saturated heterocycles. The SMILES string of the molecule is [2H]c1cc(-c2c([2H])c([2H])c([2H])c([2H])c2[2H])c(N(c2cc3c(c([2H])c2[2H])-c2c([2H])c([2H])c([2H])c([2H])c2C3(C)C([2H])([2H])[2H])c2c([2H])c([2H])c([2H])c(-c3c([2H])c([2H])c4c(c3[2H])c3c([2H])c([2H])c([2H])c([2H])c3n4-c3c([2H])c([2H])c([2H])c([2H])c3[2H])c2[2H])c([2H])c1[2H].[2H]c1cc(-c2c([2H])c([2H])c([2H])c([2H])c2[2H])c(N(c2cc3c(c([2H])c2[2H])-c2c([2H])c([2H])c([2H])c([2H])c2C3(C)C([2H])([2H])[2H])c2c([2H])c([2H])c([2H])c(-c3ccc4c(c3)c3ccccc3n4-c3ccccc3)c2[2H])c([2H])c1[2H]. The molecular formula is C102H76N4. The largest absolute Gasteiger partial charge is 0.310 e. The van der Waals surface area contributed by atoms with Crippen molar-refractivity contribution in [1.29, 1.82) is 0 Å². The van der Waals surface area contributed by atoms with Crippen molar-refractivity contribution in [3.8, 4) is 78.1 Å². The first kappa shape index (κ1) is 28.7. The molecule has 4 nitrogen and oxygen atoms in total. The summed E-state index contributed by atoms with van der Waals surface area (Å²) >= 11 is 0. The molecule has 0 bridgehead atoms. The molecule has 0 radical (unpaired) electrons. The first-order valence-electron chi connectivity index (χ1n) is 59.5. The highest BCUT2D eigenvalue weighted by atomic mass is 15.2. The number of anilines is 6. The van der Waals surface area contributed by atoms with E-state index in [0.717, 1.165) is 58.2 Å². The zero-order valence-electron chi connectivity index (χ0n) is 109. The van der Waals surface area contributed by atoms with Crippen molar-refractivity contribution in [1.82, 2.24) is 9.13 Å². The lowest BCUT2D eigenvalue weighted by Crippen LogP contribution is -2.17. The molecule has 2 aliphatic carbocycles. The number of benzene rings is 16. The van der Waals surface area contributed by atoms with Gasteiger partial charge in [-0.15, -0.1) is 0 Å². The van der Waals surface area contributed by atoms with Crippen molar-refractivity contribution < 1.29 is 74.0 Å². The molecule has 16 aromatic carbocycles. The third-order valence-electron chi connectivity index (χ3n) is 18.4. The Morgan fingerprint density at radius 2 is 0.736 bits per heavy atom. The summed E-state index contributed by atoms with van der Waals surface area (Å²) in [5, 5.41) is 0.0724. The van der Waals surface area contributed by atoms with Gasteiger partial charge in [-0.1, -0.05) is 294 Å². The highest BCUT2D eigenvalue weighted by Crippen LogP contribution is 2.54. The third kappa shape index (κ3) is 10.7. The van der Waals surface area contributed by atoms with E-state index in [0.29, 0.717) is 14.9 Å². The van der Waals surface area contributed by atoms with Gasteiger partial charge < -0.3 is 18.9 Å². The number of nitrogens with zero attached hydrogens (tertiary/aromatic N) is 4. The minimum absolute atomic E-state index is 0.188. The van der Waals surface area contributed by atoms with Gasteiger partial charge in [0.1, 0.15) is 0 Å². The van der Waals surface area contributed by atoms with Crippen LogP contribution in [0.1, 0.15) is 124 Å². The summed E-state index contributed by atoms with van der Waals surface area (Å²) in [6, 6.07) is -18.9. The predicted molar refractivity (Wildman–Crippen MR) is 448 cm³/mol. The maximum atomic E-state index is 10.2. The van der Waals surface area contributed by atoms with Crippen molar-refractivity contribution in [2.75, 3.05) is 9.80 Å². The first-order chi connectivity index (χ1) is 74.6. The molecule has 2 heterocycles. The van der Waals surface area contributed by atoms with E-state index >= 15 is 0 Å². The lowest BCUT2D eigenvalue weighted by Gasteiger charge is -2.30. The van der Waals surface area contributed by atoms with Crippen LogP contribution in [-0.4, -0.2) is 9.13 Å². The average molecular weight is 1410 g/mol. The summed E-state index contributed by atoms with van der Waals surface area (Å²) in [4.78, 5) is 1.33. The third-order valence-corrected chi connectivity index (χ3v) is 18.4. The van der Waals surface area contributed by atoms with E-state index in [2.05, 4.69) is 0 Å². The zero-order valence-corrected chi connectivity index (χ0v) is 55.0. The van der Waals surface area contributed by atoms with Gasteiger partial charge in [0.05, 0.1) is 99.2 Å². The van der Waals surface area contributed by atoms with Crippen molar-refractivity contribution in [3.63, 3.8) is 0 Å². The van der Waals surface area contributed by atoms with Gasteiger partial charge in [-0.05, 0) is 199 Å². The van der Waals surface area contributed by atoms with Gasteiger partial charge in [0.2, 0.25) is 0 Å². The fraction of sp³-hybridized carbons (Fsp3) is 0.0588. The quantitative estimate of drug-likeness (QED) is 0.121. The predicted octanol–water partition coefficient (Wildman–Crippen LogP) is 27.8. The van der Waals surface area contributed by atoms with Crippen molar-refractivity contribution >= 4 is 77.7 Å². The Labute approximate surface area is 695 Å². The number of hydrogen-bond acceptors (Lipinski definition) is 2. The summed E-state index contributed by atoms with van der Waals surface area (Å²) in [6.45, 7) is -4.28. The Bertz CT molecular complexity index is 9620. The van der Waals surface area contributed by atoms with Crippen molar-refractivity contribution in [3.05, 3.63) is 409 Å². The first-order valence-corrected chi connectivity index (χ1v) is 32.5. The van der Waals surface area contributed by atoms with Crippen LogP contribution in [0.15, 0.2) is 387 Å². The number of fused-ring (bicyclic) bond motifs is 12. The minimum Gasteiger partial charge on any atom is -0.310 e. The van der Waals surface area contributed by atoms with E-state index in [1.54, 1.807) is 18.2 Å². The molecule has 0 aliphatic heterocycles. The Morgan fingerprint density at radius 3 is 1.34 bits per heavy atom. The molecule has 106 heavy (non-hydrogen) atoms. The highest BCUT2D eigenvalue weighted by molar-refractivity contribution is 6.12. The molecule has 0 fully saturated rings. The van der Waals surface area contributed by atoms with E-state index in [-0.39, 0.29) is 27.8 Å². The molecule has 2 atom stereocenters. The average Bonchev–Trinajstić information content (AvgIpc) is 1.52. The fourth-order valence-corrected chi connectivity index (χ4v) is 13.6. The number of aromatic nitrogens is 2. The monoisotopic (exact) mass is 1410 g/mol. The summed E-state index contributed by atoms with van der Waals surface area (Å²) in [5.41, 5.74) is -18.4. The summed E-state index contributed by atoms with van der Waals surface area (Å²) in [5.74, 6) is 0. The number of hydrogen-bond donors (Lipinski definition) is 0. The van der Waals surface area contributed by atoms with E-state index in [9.17, 15) is 23.3 Å². The lowest BCUT2D eigenvalue weighted by atomic mass is 9.82. The van der Waals surface area contributed by atoms with Gasteiger partial charge in [0.25, 0.3) is 0 Å². The van der Waals surface area contributed by atoms with E-state index in [1.165, 1.54) is 6.92 Å². The van der Waals surface area contributed by atoms with Crippen LogP contribution in [-0.2, 0) is 10.8 Å². The van der Waals surface area contributed by atoms with Crippen LogP contribution in [0.2, 0.25) is 0 Å². The molecule has 4 heteroatoms. The molecule has 18 aromatic rings. The lowest BCUT2D eigenvalue weighted by molar-refractivity contribution is 0.660. The van der Waals surface area contributed by atoms with Gasteiger partial charge in [-0.3, -0.25) is 0 Å². The minimum atomic E-state index is -3.34. The van der Waals surface area contributed by atoms with Crippen LogP contribution in [0.25, 0.3) is 122 Å². The highest BCUT2D eigenvalue weighted by Gasteiger charge is 2.38. The molecule has 0 spiro atoms. The Kier molecular flexibility index (Phi) is 7.02. The molecular weight excluding hydrogens is 1280 g/mol. The van der Waals surface area contributed by atoms with Gasteiger partial charge in [-0.25, -0.2) is 0 Å². The fourth-order valence-electron chi connectivity index (χ4n) is 13.6. The van der Waals surface area contributed by atoms with Crippen LogP contribution < -0.4 is 9.80 Å². The van der Waals surface area contributed by atoms with Crippen LogP contribution in [0.5, 0.6) is 0 Å². The van der Waals surface area contributed by atoms with E-state index in [1.807, 2.05) is 59.2 Å². The Hall–Kier alpha value is -13.3. The van der Waals surface area contributed by atoms with Crippen LogP contribution in [0.3, 0.4) is 0 Å². The van der Waals surface area contributed by atoms with E-state index in [4.69, 9.17) is 50.7 Å². The van der Waals surface area contributed by atoms with Gasteiger partial charge in [-0.2, -0.15) is 0 Å². The summed E-state index contributed by atoms with van der Waals surface area (Å²) in [6.07, 6.45) is 0. The van der Waals surface area contributed by atoms with Gasteiger partial charge >= 0.3 is 0 Å². The van der Waals surface area contributed by atoms with E-state index < -0.39 is 437 Å². The van der Waals surface area contributed by atoms with Gasteiger partial charge in [0.15, 0.2) is 0 Å². The van der Waals surface area contributed by atoms with Crippen LogP contribution in [0.4, 0.5) is 34.1 Å². The normalized spacial score (nSPS) is 22.1. The van der Waals surface area contributed by atoms with Crippen LogP contribution >= 0.6 is 0 Å². The second-order valence-corrected chi connectivity index (χ2v) is 24.5. The zero-order chi connectivity index (χ0) is 118.